The highest BCUT2D eigenvalue weighted by Gasteiger charge is 2.34. The Morgan fingerprint density at radius 2 is 2.00 bits per heavy atom. The Labute approximate surface area is 144 Å². The summed E-state index contributed by atoms with van der Waals surface area (Å²) < 4.78 is 15.1. The van der Waals surface area contributed by atoms with Crippen molar-refractivity contribution in [3.05, 3.63) is 39.9 Å². The monoisotopic (exact) mass is 352 g/mol. The predicted molar refractivity (Wildman–Crippen MR) is 86.0 cm³/mol. The molecule has 0 aliphatic carbocycles. The van der Waals surface area contributed by atoms with Gasteiger partial charge in [0.15, 0.2) is 0 Å². The first-order valence-electron chi connectivity index (χ1n) is 7.68. The van der Waals surface area contributed by atoms with Crippen LogP contribution in [0.25, 0.3) is 0 Å². The van der Waals surface area contributed by atoms with Gasteiger partial charge in [0.25, 0.3) is 5.69 Å². The first kappa shape index (κ1) is 18.5. The highest BCUT2D eigenvalue weighted by Crippen LogP contribution is 2.19. The molecule has 0 unspecified atom stereocenters. The van der Waals surface area contributed by atoms with Crippen molar-refractivity contribution in [3.63, 3.8) is 0 Å². The molecule has 0 saturated carbocycles. The van der Waals surface area contributed by atoms with Gasteiger partial charge in [-0.2, -0.15) is 0 Å². The second kappa shape index (κ2) is 7.37. The molecular weight excluding hydrogens is 332 g/mol. The number of nitro benzene ring substituents is 1. The number of rotatable bonds is 5. The van der Waals surface area contributed by atoms with Crippen LogP contribution in [-0.4, -0.2) is 46.9 Å². The molecule has 1 heterocycles. The maximum atomic E-state index is 11.9. The lowest BCUT2D eigenvalue weighted by atomic mass is 10.2. The molecule has 2 rings (SSSR count). The zero-order valence-electron chi connectivity index (χ0n) is 14.3. The van der Waals surface area contributed by atoms with E-state index in [1.165, 1.54) is 17.0 Å². The summed E-state index contributed by atoms with van der Waals surface area (Å²) in [6, 6.07) is 5.41. The molecule has 0 N–H and O–H groups in total. The van der Waals surface area contributed by atoms with Gasteiger partial charge in [-0.25, -0.2) is 9.59 Å². The minimum atomic E-state index is -0.817. The van der Waals surface area contributed by atoms with E-state index in [9.17, 15) is 19.7 Å². The van der Waals surface area contributed by atoms with Gasteiger partial charge in [-0.15, -0.1) is 0 Å². The van der Waals surface area contributed by atoms with Crippen LogP contribution in [0.2, 0.25) is 0 Å². The lowest BCUT2D eigenvalue weighted by molar-refractivity contribution is -0.384. The smallest absolute Gasteiger partial charge is 0.447 e. The van der Waals surface area contributed by atoms with E-state index in [4.69, 9.17) is 14.2 Å². The van der Waals surface area contributed by atoms with Gasteiger partial charge in [-0.1, -0.05) is 12.1 Å². The van der Waals surface area contributed by atoms with Gasteiger partial charge >= 0.3 is 12.2 Å². The Balaban J connectivity index is 1.94. The fourth-order valence-corrected chi connectivity index (χ4v) is 2.18. The number of amides is 1. The van der Waals surface area contributed by atoms with E-state index in [0.29, 0.717) is 5.56 Å². The zero-order chi connectivity index (χ0) is 18.6. The molecule has 1 aromatic carbocycles. The Morgan fingerprint density at radius 3 is 2.56 bits per heavy atom. The summed E-state index contributed by atoms with van der Waals surface area (Å²) in [6.07, 6.45) is -1.35. The van der Waals surface area contributed by atoms with Crippen molar-refractivity contribution in [2.45, 2.75) is 39.0 Å². The summed E-state index contributed by atoms with van der Waals surface area (Å²) in [4.78, 5) is 35.1. The average Bonchev–Trinajstić information content (AvgIpc) is 2.85. The topological polar surface area (TPSA) is 108 Å². The second-order valence-corrected chi connectivity index (χ2v) is 6.56. The Morgan fingerprint density at radius 1 is 1.36 bits per heavy atom. The van der Waals surface area contributed by atoms with Gasteiger partial charge in [0.2, 0.25) is 0 Å². The number of hydrogen-bond acceptors (Lipinski definition) is 7. The molecule has 1 aliphatic rings. The standard InChI is InChI=1S/C16H20N2O7/c1-16(2,3)25-15(20)24-10-13-9-23-14(19)17(13)8-11-4-6-12(7-5-11)18(21)22/h4-7,13H,8-10H2,1-3H3/t13-/m0/s1. The summed E-state index contributed by atoms with van der Waals surface area (Å²) in [6.45, 7) is 5.38. The van der Waals surface area contributed by atoms with Gasteiger partial charge < -0.3 is 14.2 Å². The van der Waals surface area contributed by atoms with Crippen molar-refractivity contribution in [2.75, 3.05) is 13.2 Å². The zero-order valence-corrected chi connectivity index (χ0v) is 14.3. The van der Waals surface area contributed by atoms with Crippen LogP contribution in [0.15, 0.2) is 24.3 Å². The van der Waals surface area contributed by atoms with Crippen LogP contribution in [0, 0.1) is 10.1 Å². The van der Waals surface area contributed by atoms with Crippen molar-refractivity contribution in [3.8, 4) is 0 Å². The van der Waals surface area contributed by atoms with Crippen molar-refractivity contribution in [1.29, 1.82) is 0 Å². The summed E-state index contributed by atoms with van der Waals surface area (Å²) in [5.74, 6) is 0. The lowest BCUT2D eigenvalue weighted by Gasteiger charge is -2.23. The number of hydrogen-bond donors (Lipinski definition) is 0. The summed E-state index contributed by atoms with van der Waals surface area (Å²) in [5.41, 5.74) is 0.00150. The number of cyclic esters (lactones) is 1. The van der Waals surface area contributed by atoms with E-state index in [2.05, 4.69) is 0 Å². The summed E-state index contributed by atoms with van der Waals surface area (Å²) in [5, 5.41) is 10.7. The molecule has 9 heteroatoms. The summed E-state index contributed by atoms with van der Waals surface area (Å²) in [7, 11) is 0. The molecule has 1 amide bonds. The van der Waals surface area contributed by atoms with E-state index in [0.717, 1.165) is 0 Å². The van der Waals surface area contributed by atoms with Gasteiger partial charge in [-0.3, -0.25) is 15.0 Å². The maximum Gasteiger partial charge on any atom is 0.508 e. The van der Waals surface area contributed by atoms with Crippen molar-refractivity contribution in [2.24, 2.45) is 0 Å². The van der Waals surface area contributed by atoms with Crippen LogP contribution in [0.5, 0.6) is 0 Å². The minimum absolute atomic E-state index is 0.0300. The van der Waals surface area contributed by atoms with Crippen molar-refractivity contribution >= 4 is 17.9 Å². The molecule has 136 valence electrons. The number of benzene rings is 1. The molecule has 25 heavy (non-hydrogen) atoms. The summed E-state index contributed by atoms with van der Waals surface area (Å²) >= 11 is 0. The quantitative estimate of drug-likeness (QED) is 0.455. The first-order chi connectivity index (χ1) is 11.7. The SMILES string of the molecule is CC(C)(C)OC(=O)OC[C@@H]1COC(=O)N1Cc1ccc([N+](=O)[O-])cc1. The van der Waals surface area contributed by atoms with Crippen molar-refractivity contribution in [1.82, 2.24) is 4.90 Å². The van der Waals surface area contributed by atoms with Crippen LogP contribution in [0.4, 0.5) is 15.3 Å². The van der Waals surface area contributed by atoms with Crippen molar-refractivity contribution < 1.29 is 28.7 Å². The van der Waals surface area contributed by atoms with Crippen LogP contribution >= 0.6 is 0 Å². The Bertz CT molecular complexity index is 651. The highest BCUT2D eigenvalue weighted by atomic mass is 16.7. The van der Waals surface area contributed by atoms with Crippen LogP contribution < -0.4 is 0 Å². The fourth-order valence-electron chi connectivity index (χ4n) is 2.18. The van der Waals surface area contributed by atoms with Crippen LogP contribution in [0.3, 0.4) is 0 Å². The molecule has 1 saturated heterocycles. The van der Waals surface area contributed by atoms with Gasteiger partial charge in [0.05, 0.1) is 4.92 Å². The fraction of sp³-hybridized carbons (Fsp3) is 0.500. The molecule has 1 aromatic rings. The largest absolute Gasteiger partial charge is 0.508 e. The number of nitrogens with zero attached hydrogens (tertiary/aromatic N) is 2. The van der Waals surface area contributed by atoms with E-state index >= 15 is 0 Å². The molecule has 1 aliphatic heterocycles. The average molecular weight is 352 g/mol. The molecule has 1 fully saturated rings. The second-order valence-electron chi connectivity index (χ2n) is 6.56. The highest BCUT2D eigenvalue weighted by molar-refractivity contribution is 5.70. The molecule has 0 radical (unpaired) electrons. The van der Waals surface area contributed by atoms with E-state index in [1.54, 1.807) is 32.9 Å². The molecule has 9 nitrogen and oxygen atoms in total. The van der Waals surface area contributed by atoms with E-state index in [-0.39, 0.29) is 25.4 Å². The minimum Gasteiger partial charge on any atom is -0.447 e. The normalized spacial score (nSPS) is 17.2. The first-order valence-corrected chi connectivity index (χ1v) is 7.68. The molecular formula is C16H20N2O7. The van der Waals surface area contributed by atoms with Crippen LogP contribution in [0.1, 0.15) is 26.3 Å². The van der Waals surface area contributed by atoms with E-state index < -0.39 is 28.8 Å². The van der Waals surface area contributed by atoms with E-state index in [1.807, 2.05) is 0 Å². The number of nitro groups is 1. The molecule has 0 aromatic heterocycles. The molecule has 0 spiro atoms. The molecule has 0 bridgehead atoms. The lowest BCUT2D eigenvalue weighted by Crippen LogP contribution is -2.37. The number of carbonyl (C=O) groups is 2. The third-order valence-electron chi connectivity index (χ3n) is 3.36. The third kappa shape index (κ3) is 5.33. The number of carbonyl (C=O) groups excluding carboxylic acids is 2. The van der Waals surface area contributed by atoms with Crippen LogP contribution in [-0.2, 0) is 20.8 Å². The molecule has 1 atom stereocenters. The van der Waals surface area contributed by atoms with Gasteiger partial charge in [0, 0.05) is 18.7 Å². The maximum absolute atomic E-state index is 11.9. The predicted octanol–water partition coefficient (Wildman–Crippen LogP) is 2.87. The Kier molecular flexibility index (Phi) is 5.45. The third-order valence-corrected chi connectivity index (χ3v) is 3.36. The number of non-ortho nitro benzene ring substituents is 1. The Hall–Kier alpha value is -2.84. The van der Waals surface area contributed by atoms with Gasteiger partial charge in [-0.05, 0) is 26.3 Å². The number of ether oxygens (including phenoxy) is 3. The van der Waals surface area contributed by atoms with Gasteiger partial charge in [0.1, 0.15) is 24.9 Å².